The SMILES string of the molecule is Cc1noc(C)c1S(=O)(=O)N1CCC(NC(=O)c2cccc(Cl)c2)CC1. The fourth-order valence-corrected chi connectivity index (χ4v) is 5.06. The average molecular weight is 398 g/mol. The highest BCUT2D eigenvalue weighted by atomic mass is 35.5. The van der Waals surface area contributed by atoms with Crippen molar-refractivity contribution >= 4 is 27.5 Å². The fourth-order valence-electron chi connectivity index (χ4n) is 3.11. The van der Waals surface area contributed by atoms with Crippen molar-refractivity contribution in [1.82, 2.24) is 14.8 Å². The third-order valence-corrected chi connectivity index (χ3v) is 6.82. The van der Waals surface area contributed by atoms with Crippen LogP contribution in [0.4, 0.5) is 0 Å². The van der Waals surface area contributed by atoms with Crippen LogP contribution in [-0.4, -0.2) is 42.9 Å². The van der Waals surface area contributed by atoms with Gasteiger partial charge in [-0.15, -0.1) is 0 Å². The molecule has 9 heteroatoms. The summed E-state index contributed by atoms with van der Waals surface area (Å²) in [5.41, 5.74) is 0.849. The number of sulfonamides is 1. The van der Waals surface area contributed by atoms with E-state index < -0.39 is 10.0 Å². The number of hydrogen-bond donors (Lipinski definition) is 1. The molecular weight excluding hydrogens is 378 g/mol. The molecule has 0 spiro atoms. The molecule has 0 radical (unpaired) electrons. The van der Waals surface area contributed by atoms with Crippen LogP contribution < -0.4 is 5.32 Å². The lowest BCUT2D eigenvalue weighted by Gasteiger charge is -2.31. The Hall–Kier alpha value is -1.90. The van der Waals surface area contributed by atoms with Crippen molar-refractivity contribution < 1.29 is 17.7 Å². The van der Waals surface area contributed by atoms with Gasteiger partial charge in [0, 0.05) is 29.7 Å². The van der Waals surface area contributed by atoms with E-state index in [0.29, 0.717) is 48.0 Å². The molecule has 1 saturated heterocycles. The van der Waals surface area contributed by atoms with Gasteiger partial charge < -0.3 is 9.84 Å². The van der Waals surface area contributed by atoms with Crippen LogP contribution in [0.2, 0.25) is 5.02 Å². The lowest BCUT2D eigenvalue weighted by atomic mass is 10.1. The Bertz CT molecular complexity index is 898. The first kappa shape index (κ1) is 18.9. The van der Waals surface area contributed by atoms with E-state index in [1.54, 1.807) is 38.1 Å². The summed E-state index contributed by atoms with van der Waals surface area (Å²) in [5, 5.41) is 7.16. The summed E-state index contributed by atoms with van der Waals surface area (Å²) in [6.45, 7) is 3.85. The molecule has 0 unspecified atom stereocenters. The maximum absolute atomic E-state index is 12.8. The molecule has 1 fully saturated rings. The summed E-state index contributed by atoms with van der Waals surface area (Å²) in [5.74, 6) is 0.0819. The number of nitrogens with zero attached hydrogens (tertiary/aromatic N) is 2. The van der Waals surface area contributed by atoms with Crippen molar-refractivity contribution in [3.63, 3.8) is 0 Å². The van der Waals surface area contributed by atoms with Crippen LogP contribution in [0.1, 0.15) is 34.7 Å². The molecule has 1 aliphatic heterocycles. The minimum Gasteiger partial charge on any atom is -0.360 e. The first-order chi connectivity index (χ1) is 12.3. The summed E-state index contributed by atoms with van der Waals surface area (Å²) in [4.78, 5) is 12.4. The van der Waals surface area contributed by atoms with E-state index in [4.69, 9.17) is 16.1 Å². The maximum Gasteiger partial charge on any atom is 0.251 e. The molecule has 1 amide bonds. The molecule has 0 bridgehead atoms. The van der Waals surface area contributed by atoms with Gasteiger partial charge in [0.1, 0.15) is 10.6 Å². The molecule has 0 saturated carbocycles. The molecule has 1 aromatic heterocycles. The second-order valence-corrected chi connectivity index (χ2v) is 8.63. The van der Waals surface area contributed by atoms with Crippen LogP contribution in [0.3, 0.4) is 0 Å². The number of aromatic nitrogens is 1. The molecule has 0 aliphatic carbocycles. The van der Waals surface area contributed by atoms with E-state index in [-0.39, 0.29) is 16.8 Å². The van der Waals surface area contributed by atoms with Crippen molar-refractivity contribution in [3.05, 3.63) is 46.3 Å². The van der Waals surface area contributed by atoms with Gasteiger partial charge in [-0.3, -0.25) is 4.79 Å². The van der Waals surface area contributed by atoms with Gasteiger partial charge in [-0.05, 0) is 44.9 Å². The van der Waals surface area contributed by atoms with Gasteiger partial charge >= 0.3 is 0 Å². The molecule has 0 atom stereocenters. The average Bonchev–Trinajstić information content (AvgIpc) is 2.94. The Morgan fingerprint density at radius 1 is 1.31 bits per heavy atom. The molecule has 3 rings (SSSR count). The molecule has 140 valence electrons. The van der Waals surface area contributed by atoms with Crippen molar-refractivity contribution in [2.75, 3.05) is 13.1 Å². The highest BCUT2D eigenvalue weighted by Gasteiger charge is 2.34. The molecule has 7 nitrogen and oxygen atoms in total. The number of nitrogens with one attached hydrogen (secondary N) is 1. The van der Waals surface area contributed by atoms with Gasteiger partial charge in [0.2, 0.25) is 10.0 Å². The largest absolute Gasteiger partial charge is 0.360 e. The zero-order chi connectivity index (χ0) is 18.9. The Kier molecular flexibility index (Phi) is 5.36. The highest BCUT2D eigenvalue weighted by Crippen LogP contribution is 2.26. The normalized spacial score (nSPS) is 16.6. The number of piperidine rings is 1. The van der Waals surface area contributed by atoms with Crippen molar-refractivity contribution in [2.24, 2.45) is 0 Å². The van der Waals surface area contributed by atoms with Crippen LogP contribution in [-0.2, 0) is 10.0 Å². The molecule has 1 N–H and O–H groups in total. The Balaban J connectivity index is 1.63. The summed E-state index contributed by atoms with van der Waals surface area (Å²) >= 11 is 5.91. The van der Waals surface area contributed by atoms with Crippen molar-refractivity contribution in [2.45, 2.75) is 37.6 Å². The lowest BCUT2D eigenvalue weighted by Crippen LogP contribution is -2.46. The van der Waals surface area contributed by atoms with Crippen LogP contribution in [0.5, 0.6) is 0 Å². The molecule has 1 aromatic carbocycles. The number of halogens is 1. The standard InChI is InChI=1S/C17H20ClN3O4S/c1-11-16(12(2)25-20-11)26(23,24)21-8-6-15(7-9-21)19-17(22)13-4-3-5-14(18)10-13/h3-5,10,15H,6-9H2,1-2H3,(H,19,22). The van der Waals surface area contributed by atoms with Crippen LogP contribution in [0, 0.1) is 13.8 Å². The predicted octanol–water partition coefficient (Wildman–Crippen LogP) is 2.53. The van der Waals surface area contributed by atoms with Crippen molar-refractivity contribution in [1.29, 1.82) is 0 Å². The van der Waals surface area contributed by atoms with Crippen LogP contribution in [0.25, 0.3) is 0 Å². The number of hydrogen-bond acceptors (Lipinski definition) is 5. The van der Waals surface area contributed by atoms with E-state index >= 15 is 0 Å². The lowest BCUT2D eigenvalue weighted by molar-refractivity contribution is 0.0924. The predicted molar refractivity (Wildman–Crippen MR) is 96.7 cm³/mol. The molecular formula is C17H20ClN3O4S. The second kappa shape index (κ2) is 7.38. The molecule has 2 aromatic rings. The summed E-state index contributed by atoms with van der Waals surface area (Å²) in [7, 11) is -3.64. The summed E-state index contributed by atoms with van der Waals surface area (Å²) < 4.78 is 32.0. The number of carbonyl (C=O) groups is 1. The van der Waals surface area contributed by atoms with Gasteiger partial charge in [0.25, 0.3) is 5.91 Å². The van der Waals surface area contributed by atoms with E-state index in [1.165, 1.54) is 4.31 Å². The van der Waals surface area contributed by atoms with E-state index in [0.717, 1.165) is 0 Å². The first-order valence-electron chi connectivity index (χ1n) is 8.28. The maximum atomic E-state index is 12.8. The molecule has 1 aliphatic rings. The monoisotopic (exact) mass is 397 g/mol. The fraction of sp³-hybridized carbons (Fsp3) is 0.412. The molecule has 2 heterocycles. The second-order valence-electron chi connectivity index (χ2n) is 6.32. The highest BCUT2D eigenvalue weighted by molar-refractivity contribution is 7.89. The minimum atomic E-state index is -3.64. The Morgan fingerprint density at radius 3 is 2.58 bits per heavy atom. The number of amides is 1. The smallest absolute Gasteiger partial charge is 0.251 e. The molecule has 26 heavy (non-hydrogen) atoms. The van der Waals surface area contributed by atoms with Gasteiger partial charge in [-0.2, -0.15) is 4.31 Å². The van der Waals surface area contributed by atoms with Gasteiger partial charge in [0.15, 0.2) is 5.76 Å². The number of benzene rings is 1. The number of rotatable bonds is 4. The number of aryl methyl sites for hydroxylation is 2. The first-order valence-corrected chi connectivity index (χ1v) is 10.1. The number of carbonyl (C=O) groups excluding carboxylic acids is 1. The minimum absolute atomic E-state index is 0.0856. The van der Waals surface area contributed by atoms with Crippen LogP contribution >= 0.6 is 11.6 Å². The van der Waals surface area contributed by atoms with Crippen molar-refractivity contribution in [3.8, 4) is 0 Å². The third-order valence-electron chi connectivity index (χ3n) is 4.44. The van der Waals surface area contributed by atoms with E-state index in [2.05, 4.69) is 10.5 Å². The topological polar surface area (TPSA) is 92.5 Å². The van der Waals surface area contributed by atoms with Crippen LogP contribution in [0.15, 0.2) is 33.7 Å². The van der Waals surface area contributed by atoms with E-state index in [1.807, 2.05) is 0 Å². The zero-order valence-corrected chi connectivity index (χ0v) is 16.1. The van der Waals surface area contributed by atoms with Gasteiger partial charge in [-0.25, -0.2) is 8.42 Å². The third kappa shape index (κ3) is 3.77. The summed E-state index contributed by atoms with van der Waals surface area (Å²) in [6, 6.07) is 6.64. The van der Waals surface area contributed by atoms with Gasteiger partial charge in [-0.1, -0.05) is 22.8 Å². The Labute approximate surface area is 157 Å². The quantitative estimate of drug-likeness (QED) is 0.855. The van der Waals surface area contributed by atoms with E-state index in [9.17, 15) is 13.2 Å². The summed E-state index contributed by atoms with van der Waals surface area (Å²) in [6.07, 6.45) is 1.07. The van der Waals surface area contributed by atoms with Gasteiger partial charge in [0.05, 0.1) is 0 Å². The zero-order valence-electron chi connectivity index (χ0n) is 14.5. The Morgan fingerprint density at radius 2 is 2.00 bits per heavy atom.